The minimum Gasteiger partial charge on any atom is -0.489 e. The Hall–Kier alpha value is -1.85. The summed E-state index contributed by atoms with van der Waals surface area (Å²) in [6.07, 6.45) is 0. The van der Waals surface area contributed by atoms with Crippen molar-refractivity contribution in [2.24, 2.45) is 0 Å². The molecule has 0 fully saturated rings. The summed E-state index contributed by atoms with van der Waals surface area (Å²) in [6.45, 7) is 4.36. The molecule has 2 rings (SSSR count). The van der Waals surface area contributed by atoms with E-state index in [-0.39, 0.29) is 4.90 Å². The van der Waals surface area contributed by atoms with Gasteiger partial charge in [0.1, 0.15) is 12.4 Å². The van der Waals surface area contributed by atoms with Gasteiger partial charge in [-0.3, -0.25) is 0 Å². The molecule has 0 saturated carbocycles. The highest BCUT2D eigenvalue weighted by atomic mass is 32.2. The largest absolute Gasteiger partial charge is 0.489 e. The van der Waals surface area contributed by atoms with Crippen LogP contribution in [0.2, 0.25) is 0 Å². The lowest BCUT2D eigenvalue weighted by Gasteiger charge is -2.13. The molecule has 4 nitrogen and oxygen atoms in total. The molecular formula is C17H21NO3S. The van der Waals surface area contributed by atoms with Crippen LogP contribution in [0.1, 0.15) is 16.7 Å². The topological polar surface area (TPSA) is 46.6 Å². The Morgan fingerprint density at radius 2 is 1.77 bits per heavy atom. The average Bonchev–Trinajstić information content (AvgIpc) is 2.46. The number of nitrogens with zero attached hydrogens (tertiary/aromatic N) is 1. The Kier molecular flexibility index (Phi) is 4.88. The molecule has 0 aliphatic carbocycles. The first-order chi connectivity index (χ1) is 10.3. The van der Waals surface area contributed by atoms with Crippen LogP contribution in [0.3, 0.4) is 0 Å². The maximum Gasteiger partial charge on any atom is 0.242 e. The molecule has 2 aromatic carbocycles. The van der Waals surface area contributed by atoms with Crippen molar-refractivity contribution in [1.82, 2.24) is 4.31 Å². The number of hydrogen-bond donors (Lipinski definition) is 0. The molecule has 118 valence electrons. The third-order valence-corrected chi connectivity index (χ3v) is 5.21. The van der Waals surface area contributed by atoms with Crippen LogP contribution in [0.5, 0.6) is 5.75 Å². The molecule has 0 N–H and O–H groups in total. The molecule has 0 saturated heterocycles. The molecule has 22 heavy (non-hydrogen) atoms. The van der Waals surface area contributed by atoms with Crippen molar-refractivity contribution in [2.45, 2.75) is 25.3 Å². The number of sulfonamides is 1. The van der Waals surface area contributed by atoms with Crippen molar-refractivity contribution >= 4 is 10.0 Å². The monoisotopic (exact) mass is 319 g/mol. The van der Waals surface area contributed by atoms with Crippen molar-refractivity contribution in [3.05, 3.63) is 59.2 Å². The van der Waals surface area contributed by atoms with Crippen LogP contribution >= 0.6 is 0 Å². The van der Waals surface area contributed by atoms with E-state index in [2.05, 4.69) is 6.07 Å². The fourth-order valence-electron chi connectivity index (χ4n) is 2.13. The molecule has 0 aliphatic heterocycles. The SMILES string of the molecule is Cc1ccc(OCc2cccc(S(=O)(=O)N(C)C)c2)c(C)c1. The number of aryl methyl sites for hydroxylation is 2. The Bertz CT molecular complexity index is 767. The van der Waals surface area contributed by atoms with Crippen LogP contribution in [-0.4, -0.2) is 26.8 Å². The lowest BCUT2D eigenvalue weighted by Crippen LogP contribution is -2.22. The van der Waals surface area contributed by atoms with Gasteiger partial charge < -0.3 is 4.74 Å². The van der Waals surface area contributed by atoms with E-state index in [1.807, 2.05) is 32.0 Å². The lowest BCUT2D eigenvalue weighted by molar-refractivity contribution is 0.303. The van der Waals surface area contributed by atoms with Crippen molar-refractivity contribution in [3.8, 4) is 5.75 Å². The summed E-state index contributed by atoms with van der Waals surface area (Å²) < 4.78 is 31.3. The van der Waals surface area contributed by atoms with Crippen molar-refractivity contribution < 1.29 is 13.2 Å². The Morgan fingerprint density at radius 3 is 2.41 bits per heavy atom. The minimum absolute atomic E-state index is 0.277. The third-order valence-electron chi connectivity index (χ3n) is 3.40. The van der Waals surface area contributed by atoms with Crippen LogP contribution in [0, 0.1) is 13.8 Å². The van der Waals surface area contributed by atoms with Gasteiger partial charge in [-0.05, 0) is 43.2 Å². The molecule has 0 aliphatic rings. The molecule has 0 unspecified atom stereocenters. The second-order valence-electron chi connectivity index (χ2n) is 5.49. The van der Waals surface area contributed by atoms with E-state index in [4.69, 9.17) is 4.74 Å². The fraction of sp³-hybridized carbons (Fsp3) is 0.294. The third kappa shape index (κ3) is 3.67. The second-order valence-corrected chi connectivity index (χ2v) is 7.64. The summed E-state index contributed by atoms with van der Waals surface area (Å²) in [5, 5.41) is 0. The van der Waals surface area contributed by atoms with Gasteiger partial charge in [0.2, 0.25) is 10.0 Å². The Morgan fingerprint density at radius 1 is 1.05 bits per heavy atom. The highest BCUT2D eigenvalue weighted by Crippen LogP contribution is 2.21. The summed E-state index contributed by atoms with van der Waals surface area (Å²) in [4.78, 5) is 0.277. The Balaban J connectivity index is 2.18. The first-order valence-electron chi connectivity index (χ1n) is 7.02. The first-order valence-corrected chi connectivity index (χ1v) is 8.46. The fourth-order valence-corrected chi connectivity index (χ4v) is 3.10. The number of hydrogen-bond acceptors (Lipinski definition) is 3. The van der Waals surface area contributed by atoms with Crippen molar-refractivity contribution in [3.63, 3.8) is 0 Å². The van der Waals surface area contributed by atoms with Crippen molar-refractivity contribution in [2.75, 3.05) is 14.1 Å². The molecule has 0 bridgehead atoms. The van der Waals surface area contributed by atoms with E-state index in [0.717, 1.165) is 16.9 Å². The molecule has 0 spiro atoms. The predicted octanol–water partition coefficient (Wildman–Crippen LogP) is 3.13. The summed E-state index contributed by atoms with van der Waals surface area (Å²) in [5.41, 5.74) is 3.07. The summed E-state index contributed by atoms with van der Waals surface area (Å²) in [6, 6.07) is 12.8. The zero-order chi connectivity index (χ0) is 16.3. The van der Waals surface area contributed by atoms with E-state index in [9.17, 15) is 8.42 Å². The van der Waals surface area contributed by atoms with E-state index in [0.29, 0.717) is 6.61 Å². The first kappa shape index (κ1) is 16.5. The van der Waals surface area contributed by atoms with Gasteiger partial charge in [0.25, 0.3) is 0 Å². The van der Waals surface area contributed by atoms with Crippen LogP contribution in [0.15, 0.2) is 47.4 Å². The number of ether oxygens (including phenoxy) is 1. The van der Waals surface area contributed by atoms with E-state index in [1.165, 1.54) is 24.0 Å². The molecule has 0 aromatic heterocycles. The van der Waals surface area contributed by atoms with E-state index >= 15 is 0 Å². The maximum absolute atomic E-state index is 12.1. The van der Waals surface area contributed by atoms with Gasteiger partial charge in [-0.15, -0.1) is 0 Å². The molecule has 5 heteroatoms. The lowest BCUT2D eigenvalue weighted by atomic mass is 10.1. The van der Waals surface area contributed by atoms with Crippen LogP contribution in [0.25, 0.3) is 0 Å². The van der Waals surface area contributed by atoms with Crippen LogP contribution < -0.4 is 4.74 Å². The molecule has 0 heterocycles. The average molecular weight is 319 g/mol. The van der Waals surface area contributed by atoms with Gasteiger partial charge in [0.15, 0.2) is 0 Å². The molecule has 2 aromatic rings. The minimum atomic E-state index is -3.42. The second kappa shape index (κ2) is 6.50. The molecule has 0 atom stereocenters. The smallest absolute Gasteiger partial charge is 0.242 e. The summed E-state index contributed by atoms with van der Waals surface area (Å²) >= 11 is 0. The molecular weight excluding hydrogens is 298 g/mol. The zero-order valence-electron chi connectivity index (χ0n) is 13.3. The van der Waals surface area contributed by atoms with Gasteiger partial charge in [-0.2, -0.15) is 0 Å². The summed E-state index contributed by atoms with van der Waals surface area (Å²) in [7, 11) is -0.374. The molecule has 0 amide bonds. The number of rotatable bonds is 5. The predicted molar refractivity (Wildman–Crippen MR) is 87.6 cm³/mol. The van der Waals surface area contributed by atoms with Gasteiger partial charge >= 0.3 is 0 Å². The highest BCUT2D eigenvalue weighted by Gasteiger charge is 2.17. The Labute approximate surface area is 132 Å². The quantitative estimate of drug-likeness (QED) is 0.850. The van der Waals surface area contributed by atoms with Gasteiger partial charge in [0.05, 0.1) is 4.90 Å². The van der Waals surface area contributed by atoms with E-state index < -0.39 is 10.0 Å². The normalized spacial score (nSPS) is 11.7. The van der Waals surface area contributed by atoms with Crippen molar-refractivity contribution in [1.29, 1.82) is 0 Å². The standard InChI is InChI=1S/C17H21NO3S/c1-13-8-9-17(14(2)10-13)21-12-15-6-5-7-16(11-15)22(19,20)18(3)4/h5-11H,12H2,1-4H3. The van der Waals surface area contributed by atoms with Gasteiger partial charge in [-0.1, -0.05) is 29.8 Å². The van der Waals surface area contributed by atoms with Crippen LogP contribution in [0.4, 0.5) is 0 Å². The van der Waals surface area contributed by atoms with Gasteiger partial charge in [0, 0.05) is 14.1 Å². The van der Waals surface area contributed by atoms with Crippen LogP contribution in [-0.2, 0) is 16.6 Å². The summed E-state index contributed by atoms with van der Waals surface area (Å²) in [5.74, 6) is 0.812. The highest BCUT2D eigenvalue weighted by molar-refractivity contribution is 7.89. The maximum atomic E-state index is 12.1. The zero-order valence-corrected chi connectivity index (χ0v) is 14.1. The number of benzene rings is 2. The van der Waals surface area contributed by atoms with Gasteiger partial charge in [-0.25, -0.2) is 12.7 Å². The van der Waals surface area contributed by atoms with E-state index in [1.54, 1.807) is 18.2 Å². The molecule has 0 radical (unpaired) electrons.